The number of pyridine rings is 1. The van der Waals surface area contributed by atoms with Crippen molar-refractivity contribution >= 4 is 17.1 Å². The van der Waals surface area contributed by atoms with E-state index in [-0.39, 0.29) is 6.79 Å². The summed E-state index contributed by atoms with van der Waals surface area (Å²) in [5, 5.41) is 8.11. The van der Waals surface area contributed by atoms with Gasteiger partial charge < -0.3 is 14.2 Å². The van der Waals surface area contributed by atoms with E-state index in [4.69, 9.17) is 9.47 Å². The summed E-state index contributed by atoms with van der Waals surface area (Å²) in [6.45, 7) is 0.206. The Hall–Kier alpha value is -3.16. The molecule has 0 N–H and O–H groups in total. The molecule has 0 atom stereocenters. The average Bonchev–Trinajstić information content (AvgIpc) is 3.18. The minimum atomic E-state index is -0.466. The van der Waals surface area contributed by atoms with Crippen LogP contribution in [0.1, 0.15) is 10.4 Å². The SMILES string of the molecule is COC(=O)c1cnc2c(c1)nnn2-c1ccc2c(c1)OCO2. The highest BCUT2D eigenvalue weighted by atomic mass is 16.7. The third-order valence-corrected chi connectivity index (χ3v) is 3.31. The molecule has 4 rings (SSSR count). The lowest BCUT2D eigenvalue weighted by molar-refractivity contribution is 0.0600. The number of fused-ring (bicyclic) bond motifs is 2. The normalized spacial score (nSPS) is 12.6. The van der Waals surface area contributed by atoms with E-state index in [0.717, 1.165) is 5.69 Å². The fourth-order valence-electron chi connectivity index (χ4n) is 2.24. The molecule has 1 aromatic carbocycles. The van der Waals surface area contributed by atoms with Crippen LogP contribution in [-0.2, 0) is 4.74 Å². The van der Waals surface area contributed by atoms with Gasteiger partial charge in [0.1, 0.15) is 5.52 Å². The van der Waals surface area contributed by atoms with E-state index >= 15 is 0 Å². The second-order valence-corrected chi connectivity index (χ2v) is 4.60. The number of rotatable bonds is 2. The Kier molecular flexibility index (Phi) is 2.68. The van der Waals surface area contributed by atoms with Crippen LogP contribution in [-0.4, -0.2) is 39.8 Å². The molecule has 0 amide bonds. The highest BCUT2D eigenvalue weighted by Gasteiger charge is 2.17. The zero-order chi connectivity index (χ0) is 15.1. The zero-order valence-electron chi connectivity index (χ0n) is 11.5. The van der Waals surface area contributed by atoms with Crippen LogP contribution >= 0.6 is 0 Å². The minimum Gasteiger partial charge on any atom is -0.465 e. The highest BCUT2D eigenvalue weighted by molar-refractivity contribution is 5.92. The molecule has 0 saturated heterocycles. The van der Waals surface area contributed by atoms with Gasteiger partial charge in [-0.15, -0.1) is 5.10 Å². The molecule has 2 aromatic heterocycles. The van der Waals surface area contributed by atoms with E-state index in [9.17, 15) is 4.79 Å². The molecule has 0 spiro atoms. The molecule has 0 unspecified atom stereocenters. The fraction of sp³-hybridized carbons (Fsp3) is 0.143. The van der Waals surface area contributed by atoms with Crippen molar-refractivity contribution in [3.05, 3.63) is 36.0 Å². The summed E-state index contributed by atoms with van der Waals surface area (Å²) in [5.41, 5.74) is 2.10. The first-order valence-corrected chi connectivity index (χ1v) is 6.46. The van der Waals surface area contributed by atoms with Gasteiger partial charge in [0.2, 0.25) is 6.79 Å². The van der Waals surface area contributed by atoms with Gasteiger partial charge in [-0.2, -0.15) is 4.68 Å². The Bertz CT molecular complexity index is 890. The Balaban J connectivity index is 1.81. The molecule has 0 aliphatic carbocycles. The maximum absolute atomic E-state index is 11.5. The summed E-state index contributed by atoms with van der Waals surface area (Å²) >= 11 is 0. The predicted octanol–water partition coefficient (Wildman–Crippen LogP) is 1.33. The molecule has 0 fully saturated rings. The zero-order valence-corrected chi connectivity index (χ0v) is 11.5. The molecule has 110 valence electrons. The maximum atomic E-state index is 11.5. The third kappa shape index (κ3) is 1.85. The van der Waals surface area contributed by atoms with Crippen LogP contribution in [0.25, 0.3) is 16.9 Å². The summed E-state index contributed by atoms with van der Waals surface area (Å²) in [5.74, 6) is 0.869. The van der Waals surface area contributed by atoms with Gasteiger partial charge in [-0.1, -0.05) is 5.21 Å². The first-order valence-electron chi connectivity index (χ1n) is 6.46. The van der Waals surface area contributed by atoms with Crippen molar-refractivity contribution in [3.63, 3.8) is 0 Å². The number of nitrogens with zero attached hydrogens (tertiary/aromatic N) is 4. The second kappa shape index (κ2) is 4.69. The van der Waals surface area contributed by atoms with Crippen molar-refractivity contribution < 1.29 is 19.0 Å². The number of carbonyl (C=O) groups is 1. The van der Waals surface area contributed by atoms with E-state index in [1.807, 2.05) is 6.07 Å². The molecule has 8 nitrogen and oxygen atoms in total. The monoisotopic (exact) mass is 298 g/mol. The van der Waals surface area contributed by atoms with Crippen molar-refractivity contribution in [1.29, 1.82) is 0 Å². The molecular weight excluding hydrogens is 288 g/mol. The van der Waals surface area contributed by atoms with Crippen molar-refractivity contribution in [2.45, 2.75) is 0 Å². The third-order valence-electron chi connectivity index (χ3n) is 3.31. The summed E-state index contributed by atoms with van der Waals surface area (Å²) in [6.07, 6.45) is 1.43. The lowest BCUT2D eigenvalue weighted by Crippen LogP contribution is -2.02. The fourth-order valence-corrected chi connectivity index (χ4v) is 2.24. The van der Waals surface area contributed by atoms with Gasteiger partial charge in [0.05, 0.1) is 18.4 Å². The molecule has 1 aliphatic heterocycles. The van der Waals surface area contributed by atoms with Gasteiger partial charge in [0.15, 0.2) is 17.1 Å². The Morgan fingerprint density at radius 2 is 2.14 bits per heavy atom. The Morgan fingerprint density at radius 1 is 1.27 bits per heavy atom. The molecule has 1 aliphatic rings. The number of hydrogen-bond donors (Lipinski definition) is 0. The molecule has 3 aromatic rings. The van der Waals surface area contributed by atoms with E-state index in [1.54, 1.807) is 22.9 Å². The first-order chi connectivity index (χ1) is 10.8. The summed E-state index contributed by atoms with van der Waals surface area (Å²) in [4.78, 5) is 15.8. The lowest BCUT2D eigenvalue weighted by atomic mass is 10.2. The van der Waals surface area contributed by atoms with Gasteiger partial charge in [-0.25, -0.2) is 9.78 Å². The van der Waals surface area contributed by atoms with Crippen LogP contribution in [0, 0.1) is 0 Å². The predicted molar refractivity (Wildman–Crippen MR) is 74.1 cm³/mol. The summed E-state index contributed by atoms with van der Waals surface area (Å²) < 4.78 is 16.9. The van der Waals surface area contributed by atoms with Gasteiger partial charge in [-0.05, 0) is 18.2 Å². The molecular formula is C14H10N4O4. The van der Waals surface area contributed by atoms with Crippen LogP contribution < -0.4 is 9.47 Å². The number of esters is 1. The average molecular weight is 298 g/mol. The standard InChI is InChI=1S/C14H10N4O4/c1-20-14(19)8-4-10-13(15-6-8)18(17-16-10)9-2-3-11-12(5-9)22-7-21-11/h2-6H,7H2,1H3. The van der Waals surface area contributed by atoms with Crippen molar-refractivity contribution in [2.24, 2.45) is 0 Å². The van der Waals surface area contributed by atoms with Crippen LogP contribution in [0.15, 0.2) is 30.5 Å². The van der Waals surface area contributed by atoms with E-state index in [1.165, 1.54) is 13.3 Å². The van der Waals surface area contributed by atoms with E-state index in [2.05, 4.69) is 20.0 Å². The molecule has 0 saturated carbocycles. The topological polar surface area (TPSA) is 88.4 Å². The van der Waals surface area contributed by atoms with Crippen LogP contribution in [0.5, 0.6) is 11.5 Å². The van der Waals surface area contributed by atoms with Crippen molar-refractivity contribution in [1.82, 2.24) is 20.0 Å². The largest absolute Gasteiger partial charge is 0.465 e. The number of carbonyl (C=O) groups excluding carboxylic acids is 1. The lowest BCUT2D eigenvalue weighted by Gasteiger charge is -2.03. The number of methoxy groups -OCH3 is 1. The first kappa shape index (κ1) is 12.6. The Morgan fingerprint density at radius 3 is 3.00 bits per heavy atom. The molecule has 0 radical (unpaired) electrons. The maximum Gasteiger partial charge on any atom is 0.339 e. The number of aromatic nitrogens is 4. The molecule has 8 heteroatoms. The Labute approximate surface area is 124 Å². The number of benzene rings is 1. The molecule has 22 heavy (non-hydrogen) atoms. The second-order valence-electron chi connectivity index (χ2n) is 4.60. The highest BCUT2D eigenvalue weighted by Crippen LogP contribution is 2.33. The quantitative estimate of drug-likeness (QED) is 0.659. The van der Waals surface area contributed by atoms with Crippen LogP contribution in [0.2, 0.25) is 0 Å². The molecule has 3 heterocycles. The van der Waals surface area contributed by atoms with E-state index < -0.39 is 5.97 Å². The van der Waals surface area contributed by atoms with Gasteiger partial charge in [0.25, 0.3) is 0 Å². The van der Waals surface area contributed by atoms with Crippen molar-refractivity contribution in [3.8, 4) is 17.2 Å². The van der Waals surface area contributed by atoms with Crippen LogP contribution in [0.3, 0.4) is 0 Å². The number of hydrogen-bond acceptors (Lipinski definition) is 7. The smallest absolute Gasteiger partial charge is 0.339 e. The van der Waals surface area contributed by atoms with Gasteiger partial charge in [-0.3, -0.25) is 0 Å². The minimum absolute atomic E-state index is 0.206. The van der Waals surface area contributed by atoms with Gasteiger partial charge in [0, 0.05) is 12.3 Å². The summed E-state index contributed by atoms with van der Waals surface area (Å²) in [6, 6.07) is 7.02. The van der Waals surface area contributed by atoms with E-state index in [0.29, 0.717) is 28.2 Å². The van der Waals surface area contributed by atoms with Crippen LogP contribution in [0.4, 0.5) is 0 Å². The molecule has 0 bridgehead atoms. The summed E-state index contributed by atoms with van der Waals surface area (Å²) in [7, 11) is 1.32. The van der Waals surface area contributed by atoms with Crippen molar-refractivity contribution in [2.75, 3.05) is 13.9 Å². The van der Waals surface area contributed by atoms with Gasteiger partial charge >= 0.3 is 5.97 Å². The number of ether oxygens (including phenoxy) is 3.